The zero-order valence-electron chi connectivity index (χ0n) is 28.5. The molecule has 1 N–H and O–H groups in total. The fourth-order valence-corrected chi connectivity index (χ4v) is 7.67. The second kappa shape index (κ2) is 15.4. The minimum atomic E-state index is -1.25. The number of nitrogens with zero attached hydrogens (tertiary/aromatic N) is 3. The molecule has 3 aliphatic rings. The highest BCUT2D eigenvalue weighted by Crippen LogP contribution is 2.59. The summed E-state index contributed by atoms with van der Waals surface area (Å²) in [6.07, 6.45) is 3.78. The molecule has 0 unspecified atom stereocenters. The first kappa shape index (κ1) is 35.8. The van der Waals surface area contributed by atoms with E-state index in [2.05, 4.69) is 13.2 Å². The van der Waals surface area contributed by atoms with E-state index in [0.717, 1.165) is 0 Å². The van der Waals surface area contributed by atoms with Crippen LogP contribution in [0.1, 0.15) is 50.7 Å². The monoisotopic (exact) mass is 673 g/mol. The van der Waals surface area contributed by atoms with Gasteiger partial charge in [0.05, 0.1) is 31.1 Å². The molecule has 0 radical (unpaired) electrons. The first-order valence-electron chi connectivity index (χ1n) is 16.9. The number of benzene rings is 2. The number of anilines is 1. The molecular weight excluding hydrogens is 626 g/mol. The van der Waals surface area contributed by atoms with E-state index in [1.807, 2.05) is 37.3 Å². The summed E-state index contributed by atoms with van der Waals surface area (Å²) in [6.45, 7) is 9.50. The number of methoxy groups -OCH3 is 1. The average molecular weight is 674 g/mol. The maximum absolute atomic E-state index is 14.6. The van der Waals surface area contributed by atoms with Gasteiger partial charge in [-0.05, 0) is 62.4 Å². The number of likely N-dealkylation sites (tertiary alicyclic amines) is 1. The molecule has 5 rings (SSSR count). The van der Waals surface area contributed by atoms with Crippen molar-refractivity contribution in [1.82, 2.24) is 9.80 Å². The number of rotatable bonds is 16. The Hall–Kier alpha value is -4.48. The van der Waals surface area contributed by atoms with Crippen LogP contribution in [0.5, 0.6) is 5.75 Å². The van der Waals surface area contributed by atoms with Gasteiger partial charge in [0.2, 0.25) is 11.8 Å². The van der Waals surface area contributed by atoms with Crippen LogP contribution in [0.2, 0.25) is 0 Å². The average Bonchev–Trinajstić information content (AvgIpc) is 3.77. The van der Waals surface area contributed by atoms with Gasteiger partial charge >= 0.3 is 5.97 Å². The standard InChI is InChI=1S/C38H47N3O8/c1-6-8-15-30(43)39(4)25(3)33(26-13-10-9-11-14-26)48-37(46)31-29-20-21-38(49-29)32(31)35(44)41(23-12-24-42)34(38)36(45)40(22-7-2)27-16-18-28(47-5)19-17-27/h6-7,9-11,13-14,16-19,25,29,31-34,42H,1-2,8,12,15,20-24H2,3-5H3/t25-,29-,31+,32+,33+,34-,38+/m1/s1. The smallest absolute Gasteiger partial charge is 0.313 e. The van der Waals surface area contributed by atoms with Crippen molar-refractivity contribution in [1.29, 1.82) is 0 Å². The zero-order valence-corrected chi connectivity index (χ0v) is 28.5. The summed E-state index contributed by atoms with van der Waals surface area (Å²) in [5.41, 5.74) is 0.0466. The molecule has 3 heterocycles. The van der Waals surface area contributed by atoms with Gasteiger partial charge in [-0.1, -0.05) is 42.5 Å². The van der Waals surface area contributed by atoms with Crippen LogP contribution in [0.4, 0.5) is 5.69 Å². The van der Waals surface area contributed by atoms with Gasteiger partial charge in [0, 0.05) is 38.9 Å². The van der Waals surface area contributed by atoms with E-state index in [1.165, 1.54) is 4.90 Å². The number of allylic oxidation sites excluding steroid dienone is 1. The lowest BCUT2D eigenvalue weighted by molar-refractivity contribution is -0.164. The lowest BCUT2D eigenvalue weighted by atomic mass is 9.70. The number of aliphatic hydroxyl groups excluding tert-OH is 1. The van der Waals surface area contributed by atoms with Crippen LogP contribution in [0.15, 0.2) is 79.9 Å². The normalized spacial score (nSPS) is 24.9. The molecule has 3 aliphatic heterocycles. The molecule has 3 saturated heterocycles. The van der Waals surface area contributed by atoms with Crippen molar-refractivity contribution >= 4 is 29.4 Å². The first-order valence-corrected chi connectivity index (χ1v) is 16.9. The minimum absolute atomic E-state index is 0.112. The van der Waals surface area contributed by atoms with E-state index >= 15 is 0 Å². The summed E-state index contributed by atoms with van der Waals surface area (Å²) in [7, 11) is 3.24. The van der Waals surface area contributed by atoms with Crippen LogP contribution in [0.25, 0.3) is 0 Å². The fourth-order valence-electron chi connectivity index (χ4n) is 7.67. The van der Waals surface area contributed by atoms with E-state index in [4.69, 9.17) is 14.2 Å². The summed E-state index contributed by atoms with van der Waals surface area (Å²) in [6, 6.07) is 14.7. The molecule has 11 nitrogen and oxygen atoms in total. The molecule has 0 aromatic heterocycles. The number of aliphatic hydroxyl groups is 1. The third-order valence-corrected chi connectivity index (χ3v) is 10.2. The molecule has 262 valence electrons. The van der Waals surface area contributed by atoms with Gasteiger partial charge in [0.1, 0.15) is 23.5 Å². The Labute approximate surface area is 288 Å². The highest BCUT2D eigenvalue weighted by atomic mass is 16.6. The summed E-state index contributed by atoms with van der Waals surface area (Å²) in [4.78, 5) is 60.9. The number of hydrogen-bond donors (Lipinski definition) is 1. The molecular formula is C38H47N3O8. The number of carbonyl (C=O) groups excluding carboxylic acids is 4. The van der Waals surface area contributed by atoms with Crippen molar-refractivity contribution in [2.75, 3.05) is 38.8 Å². The number of likely N-dealkylation sites (N-methyl/N-ethyl adjacent to an activating group) is 1. The Kier molecular flexibility index (Phi) is 11.2. The van der Waals surface area contributed by atoms with Crippen LogP contribution < -0.4 is 9.64 Å². The van der Waals surface area contributed by atoms with Gasteiger partial charge < -0.3 is 34.0 Å². The van der Waals surface area contributed by atoms with Gasteiger partial charge in [0.25, 0.3) is 5.91 Å². The lowest BCUT2D eigenvalue weighted by Gasteiger charge is -2.37. The summed E-state index contributed by atoms with van der Waals surface area (Å²) < 4.78 is 18.2. The quantitative estimate of drug-likeness (QED) is 0.209. The number of amides is 3. The largest absolute Gasteiger partial charge is 0.497 e. The minimum Gasteiger partial charge on any atom is -0.497 e. The van der Waals surface area contributed by atoms with Gasteiger partial charge in [-0.25, -0.2) is 0 Å². The van der Waals surface area contributed by atoms with Crippen molar-refractivity contribution in [3.63, 3.8) is 0 Å². The number of carbonyl (C=O) groups is 4. The van der Waals surface area contributed by atoms with E-state index in [-0.39, 0.29) is 50.3 Å². The van der Waals surface area contributed by atoms with Gasteiger partial charge in [0.15, 0.2) is 0 Å². The van der Waals surface area contributed by atoms with E-state index in [0.29, 0.717) is 36.3 Å². The second-order valence-corrected chi connectivity index (χ2v) is 12.9. The molecule has 0 saturated carbocycles. The molecule has 0 aliphatic carbocycles. The molecule has 3 amide bonds. The number of ether oxygens (including phenoxy) is 3. The predicted octanol–water partition coefficient (Wildman–Crippen LogP) is 4.07. The number of esters is 1. The van der Waals surface area contributed by atoms with Crippen LogP contribution in [0, 0.1) is 11.8 Å². The fraction of sp³-hybridized carbons (Fsp3) is 0.474. The SMILES string of the molecule is C=CCCC(=O)N(C)[C@H](C)[C@H](OC(=O)[C@@H]1[C@H]2C(=O)N(CCCO)[C@H](C(=O)N(CC=C)c3ccc(OC)cc3)[C@]23CC[C@H]1O3)c1ccccc1. The zero-order chi connectivity index (χ0) is 35.3. The van der Waals surface area contributed by atoms with Crippen LogP contribution in [0.3, 0.4) is 0 Å². The van der Waals surface area contributed by atoms with E-state index < -0.39 is 47.7 Å². The molecule has 2 aromatic carbocycles. The number of hydrogen-bond acceptors (Lipinski definition) is 8. The Bertz CT molecular complexity index is 1530. The molecule has 49 heavy (non-hydrogen) atoms. The third-order valence-electron chi connectivity index (χ3n) is 10.2. The van der Waals surface area contributed by atoms with Crippen LogP contribution in [-0.4, -0.2) is 96.2 Å². The lowest BCUT2D eigenvalue weighted by Crippen LogP contribution is -2.56. The third kappa shape index (κ3) is 6.74. The molecule has 1 spiro atoms. The van der Waals surface area contributed by atoms with Crippen molar-refractivity contribution < 1.29 is 38.5 Å². The highest BCUT2D eigenvalue weighted by Gasteiger charge is 2.75. The first-order chi connectivity index (χ1) is 23.6. The van der Waals surface area contributed by atoms with Crippen molar-refractivity contribution in [3.05, 3.63) is 85.5 Å². The number of fused-ring (bicyclic) bond motifs is 1. The maximum atomic E-state index is 14.6. The van der Waals surface area contributed by atoms with Crippen LogP contribution >= 0.6 is 0 Å². The van der Waals surface area contributed by atoms with E-state index in [9.17, 15) is 24.3 Å². The Morgan fingerprint density at radius 1 is 1.12 bits per heavy atom. The maximum Gasteiger partial charge on any atom is 0.313 e. The van der Waals surface area contributed by atoms with Crippen LogP contribution in [-0.2, 0) is 28.7 Å². The Balaban J connectivity index is 1.47. The molecule has 11 heteroatoms. The topological polar surface area (TPSA) is 126 Å². The molecule has 7 atom stereocenters. The van der Waals surface area contributed by atoms with Gasteiger partial charge in [-0.2, -0.15) is 0 Å². The van der Waals surface area contributed by atoms with E-state index in [1.54, 1.807) is 60.4 Å². The van der Waals surface area contributed by atoms with Crippen molar-refractivity contribution in [2.45, 2.75) is 68.9 Å². The van der Waals surface area contributed by atoms with Crippen molar-refractivity contribution in [2.24, 2.45) is 11.8 Å². The summed E-state index contributed by atoms with van der Waals surface area (Å²) >= 11 is 0. The Morgan fingerprint density at radius 2 is 1.84 bits per heavy atom. The highest BCUT2D eigenvalue weighted by molar-refractivity contribution is 6.04. The second-order valence-electron chi connectivity index (χ2n) is 12.9. The van der Waals surface area contributed by atoms with Gasteiger partial charge in [-0.15, -0.1) is 13.2 Å². The molecule has 2 aromatic rings. The summed E-state index contributed by atoms with van der Waals surface area (Å²) in [5, 5.41) is 9.73. The molecule has 2 bridgehead atoms. The Morgan fingerprint density at radius 3 is 2.47 bits per heavy atom. The molecule has 3 fully saturated rings. The predicted molar refractivity (Wildman–Crippen MR) is 184 cm³/mol. The van der Waals surface area contributed by atoms with Crippen molar-refractivity contribution in [3.8, 4) is 5.75 Å². The van der Waals surface area contributed by atoms with Gasteiger partial charge in [-0.3, -0.25) is 19.2 Å². The summed E-state index contributed by atoms with van der Waals surface area (Å²) in [5.74, 6) is -2.72.